The van der Waals surface area contributed by atoms with E-state index in [1.165, 1.54) is 0 Å². The minimum Gasteiger partial charge on any atom is -0.326 e. The topological polar surface area (TPSA) is 56.7 Å². The third kappa shape index (κ3) is 2.22. The summed E-state index contributed by atoms with van der Waals surface area (Å²) < 4.78 is 38.4. The molecule has 1 rings (SSSR count). The van der Waals surface area contributed by atoms with Crippen molar-refractivity contribution in [3.63, 3.8) is 0 Å². The van der Waals surface area contributed by atoms with Crippen molar-refractivity contribution in [2.45, 2.75) is 31.6 Å². The van der Waals surface area contributed by atoms with Gasteiger partial charge in [-0.05, 0) is 6.42 Å². The number of halogens is 3. The van der Waals surface area contributed by atoms with Gasteiger partial charge in [-0.3, -0.25) is 0 Å². The van der Waals surface area contributed by atoms with Crippen LogP contribution in [-0.4, -0.2) is 27.0 Å². The summed E-state index contributed by atoms with van der Waals surface area (Å²) in [5.74, 6) is 0. The molecule has 80 valence electrons. The maximum absolute atomic E-state index is 12.6. The summed E-state index contributed by atoms with van der Waals surface area (Å²) in [6.07, 6.45) is -2.10. The molecule has 0 bridgehead atoms. The van der Waals surface area contributed by atoms with Gasteiger partial charge < -0.3 is 5.73 Å². The molecule has 0 aliphatic heterocycles. The van der Waals surface area contributed by atoms with Gasteiger partial charge in [-0.2, -0.15) is 18.3 Å². The molecular weight excluding hydrogens is 197 g/mol. The van der Waals surface area contributed by atoms with Gasteiger partial charge in [-0.15, -0.1) is 0 Å². The zero-order valence-corrected chi connectivity index (χ0v) is 7.57. The van der Waals surface area contributed by atoms with Gasteiger partial charge in [0.05, 0.1) is 0 Å². The van der Waals surface area contributed by atoms with Crippen molar-refractivity contribution in [1.82, 2.24) is 14.8 Å². The predicted molar refractivity (Wildman–Crippen MR) is 43.4 cm³/mol. The molecule has 0 saturated heterocycles. The van der Waals surface area contributed by atoms with E-state index in [4.69, 9.17) is 5.73 Å². The first-order valence-electron chi connectivity index (χ1n) is 4.13. The quantitative estimate of drug-likeness (QED) is 0.809. The summed E-state index contributed by atoms with van der Waals surface area (Å²) in [4.78, 5) is 3.47. The number of alkyl halides is 3. The summed E-state index contributed by atoms with van der Waals surface area (Å²) in [5.41, 5.74) is 5.39. The second-order valence-corrected chi connectivity index (χ2v) is 2.93. The van der Waals surface area contributed by atoms with Crippen molar-refractivity contribution >= 4 is 0 Å². The highest BCUT2D eigenvalue weighted by atomic mass is 19.4. The van der Waals surface area contributed by atoms with Gasteiger partial charge >= 0.3 is 6.18 Å². The van der Waals surface area contributed by atoms with Crippen LogP contribution in [0.25, 0.3) is 0 Å². The minimum atomic E-state index is -4.40. The van der Waals surface area contributed by atoms with Gasteiger partial charge in [-0.25, -0.2) is 9.67 Å². The molecule has 4 nitrogen and oxygen atoms in total. The van der Waals surface area contributed by atoms with Crippen LogP contribution in [-0.2, 0) is 0 Å². The lowest BCUT2D eigenvalue weighted by molar-refractivity contribution is -0.175. The largest absolute Gasteiger partial charge is 0.412 e. The molecule has 1 aromatic heterocycles. The smallest absolute Gasteiger partial charge is 0.326 e. The van der Waals surface area contributed by atoms with E-state index in [2.05, 4.69) is 10.1 Å². The van der Waals surface area contributed by atoms with Gasteiger partial charge in [0.2, 0.25) is 0 Å². The molecule has 2 unspecified atom stereocenters. The zero-order valence-electron chi connectivity index (χ0n) is 7.57. The van der Waals surface area contributed by atoms with Crippen LogP contribution in [0.1, 0.15) is 19.4 Å². The van der Waals surface area contributed by atoms with E-state index in [-0.39, 0.29) is 6.42 Å². The first-order chi connectivity index (χ1) is 6.46. The molecule has 0 radical (unpaired) electrons. The zero-order chi connectivity index (χ0) is 10.8. The Hall–Kier alpha value is -1.11. The van der Waals surface area contributed by atoms with Gasteiger partial charge in [0.25, 0.3) is 0 Å². The van der Waals surface area contributed by atoms with Crippen LogP contribution in [0.3, 0.4) is 0 Å². The van der Waals surface area contributed by atoms with Crippen LogP contribution in [0, 0.1) is 0 Å². The molecule has 0 aromatic carbocycles. The van der Waals surface area contributed by atoms with E-state index in [0.29, 0.717) is 0 Å². The predicted octanol–water partition coefficient (Wildman–Crippen LogP) is 1.12. The monoisotopic (exact) mass is 208 g/mol. The van der Waals surface area contributed by atoms with Crippen molar-refractivity contribution < 1.29 is 13.2 Å². The molecule has 0 amide bonds. The fraction of sp³-hybridized carbons (Fsp3) is 0.714. The number of aromatic nitrogens is 3. The highest BCUT2D eigenvalue weighted by Gasteiger charge is 2.44. The van der Waals surface area contributed by atoms with E-state index in [1.807, 2.05) is 0 Å². The maximum Gasteiger partial charge on any atom is 0.412 e. The van der Waals surface area contributed by atoms with Crippen molar-refractivity contribution in [2.75, 3.05) is 0 Å². The van der Waals surface area contributed by atoms with Crippen LogP contribution >= 0.6 is 0 Å². The van der Waals surface area contributed by atoms with E-state index in [9.17, 15) is 13.2 Å². The Balaban J connectivity index is 2.94. The Labute approximate surface area is 78.9 Å². The standard InChI is InChI=1S/C7H11F3N4/c1-2-5(11)6(7(8,9)10)14-4-12-3-13-14/h3-6H,2,11H2,1H3. The van der Waals surface area contributed by atoms with Gasteiger partial charge in [0.1, 0.15) is 12.7 Å². The van der Waals surface area contributed by atoms with E-state index in [1.54, 1.807) is 6.92 Å². The summed E-state index contributed by atoms with van der Waals surface area (Å²) in [7, 11) is 0. The fourth-order valence-corrected chi connectivity index (χ4v) is 1.17. The maximum atomic E-state index is 12.6. The summed E-state index contributed by atoms with van der Waals surface area (Å²) in [6.45, 7) is 1.60. The van der Waals surface area contributed by atoms with Crippen molar-refractivity contribution in [1.29, 1.82) is 0 Å². The van der Waals surface area contributed by atoms with Gasteiger partial charge in [0.15, 0.2) is 6.04 Å². The average Bonchev–Trinajstić information content (AvgIpc) is 2.54. The Morgan fingerprint density at radius 3 is 2.50 bits per heavy atom. The second kappa shape index (κ2) is 3.95. The normalized spacial score (nSPS) is 16.6. The first kappa shape index (κ1) is 11.0. The molecule has 7 heteroatoms. The van der Waals surface area contributed by atoms with Crippen molar-refractivity contribution in [3.05, 3.63) is 12.7 Å². The molecule has 2 atom stereocenters. The number of rotatable bonds is 3. The molecule has 14 heavy (non-hydrogen) atoms. The first-order valence-corrected chi connectivity index (χ1v) is 4.13. The highest BCUT2D eigenvalue weighted by Crippen LogP contribution is 2.32. The lowest BCUT2D eigenvalue weighted by atomic mass is 10.1. The number of hydrogen-bond donors (Lipinski definition) is 1. The number of hydrogen-bond acceptors (Lipinski definition) is 3. The molecule has 0 saturated carbocycles. The van der Waals surface area contributed by atoms with E-state index >= 15 is 0 Å². The van der Waals surface area contributed by atoms with Crippen LogP contribution in [0.5, 0.6) is 0 Å². The minimum absolute atomic E-state index is 0.226. The van der Waals surface area contributed by atoms with Gasteiger partial charge in [0, 0.05) is 6.04 Å². The molecular formula is C7H11F3N4. The lowest BCUT2D eigenvalue weighted by Gasteiger charge is -2.24. The Morgan fingerprint density at radius 1 is 1.50 bits per heavy atom. The molecule has 0 aliphatic carbocycles. The molecule has 0 aliphatic rings. The molecule has 1 aromatic rings. The van der Waals surface area contributed by atoms with Crippen LogP contribution < -0.4 is 5.73 Å². The SMILES string of the molecule is CCC(N)C(n1cncn1)C(F)(F)F. The van der Waals surface area contributed by atoms with E-state index < -0.39 is 18.3 Å². The van der Waals surface area contributed by atoms with Crippen molar-refractivity contribution in [2.24, 2.45) is 5.73 Å². The fourth-order valence-electron chi connectivity index (χ4n) is 1.17. The highest BCUT2D eigenvalue weighted by molar-refractivity contribution is 4.83. The number of nitrogens with zero attached hydrogens (tertiary/aromatic N) is 3. The average molecular weight is 208 g/mol. The third-order valence-corrected chi connectivity index (χ3v) is 1.93. The van der Waals surface area contributed by atoms with Crippen LogP contribution in [0.4, 0.5) is 13.2 Å². The van der Waals surface area contributed by atoms with Crippen LogP contribution in [0.2, 0.25) is 0 Å². The Morgan fingerprint density at radius 2 is 2.14 bits per heavy atom. The summed E-state index contributed by atoms with van der Waals surface area (Å²) >= 11 is 0. The molecule has 1 heterocycles. The molecule has 2 N–H and O–H groups in total. The molecule has 0 fully saturated rings. The Bertz CT molecular complexity index is 269. The van der Waals surface area contributed by atoms with Crippen LogP contribution in [0.15, 0.2) is 12.7 Å². The molecule has 0 spiro atoms. The summed E-state index contributed by atoms with van der Waals surface area (Å²) in [5, 5.41) is 3.46. The lowest BCUT2D eigenvalue weighted by Crippen LogP contribution is -2.41. The van der Waals surface area contributed by atoms with E-state index in [0.717, 1.165) is 17.3 Å². The summed E-state index contributed by atoms with van der Waals surface area (Å²) in [6, 6.07) is -2.80. The second-order valence-electron chi connectivity index (χ2n) is 2.93. The Kier molecular flexibility index (Phi) is 3.10. The van der Waals surface area contributed by atoms with Crippen molar-refractivity contribution in [3.8, 4) is 0 Å². The van der Waals surface area contributed by atoms with Gasteiger partial charge in [-0.1, -0.05) is 6.92 Å². The third-order valence-electron chi connectivity index (χ3n) is 1.93. The number of nitrogens with two attached hydrogens (primary N) is 1.